The number of rotatable bonds is 12. The SMILES string of the molecule is C=CCCCCCCCCc1nc(SC/C=C(\C)Cl)n[nH]1. The zero-order valence-electron chi connectivity index (χ0n) is 12.9. The second-order valence-corrected chi connectivity index (χ2v) is 6.70. The predicted molar refractivity (Wildman–Crippen MR) is 92.9 cm³/mol. The molecule has 0 unspecified atom stereocenters. The molecule has 1 aromatic heterocycles. The molecule has 0 aliphatic carbocycles. The van der Waals surface area contributed by atoms with Crippen molar-refractivity contribution in [2.45, 2.75) is 63.4 Å². The minimum Gasteiger partial charge on any atom is -0.262 e. The number of aromatic amines is 1. The van der Waals surface area contributed by atoms with Gasteiger partial charge in [-0.15, -0.1) is 11.7 Å². The normalized spacial score (nSPS) is 11.8. The number of aryl methyl sites for hydroxylation is 1. The molecule has 0 atom stereocenters. The molecule has 3 nitrogen and oxygen atoms in total. The molecule has 0 aliphatic heterocycles. The van der Waals surface area contributed by atoms with Gasteiger partial charge in [-0.3, -0.25) is 5.10 Å². The van der Waals surface area contributed by atoms with E-state index in [1.165, 1.54) is 38.5 Å². The summed E-state index contributed by atoms with van der Waals surface area (Å²) in [5, 5.41) is 8.84. The van der Waals surface area contributed by atoms with Crippen molar-refractivity contribution < 1.29 is 0 Å². The number of thioether (sulfide) groups is 1. The van der Waals surface area contributed by atoms with E-state index in [2.05, 4.69) is 21.8 Å². The minimum absolute atomic E-state index is 0.809. The lowest BCUT2D eigenvalue weighted by molar-refractivity contribution is 0.591. The quantitative estimate of drug-likeness (QED) is 0.313. The van der Waals surface area contributed by atoms with Crippen LogP contribution in [0.25, 0.3) is 0 Å². The van der Waals surface area contributed by atoms with Crippen LogP contribution in [0.5, 0.6) is 0 Å². The van der Waals surface area contributed by atoms with Crippen molar-refractivity contribution in [3.63, 3.8) is 0 Å². The molecule has 0 aliphatic rings. The molecule has 0 bridgehead atoms. The van der Waals surface area contributed by atoms with E-state index in [0.717, 1.165) is 34.6 Å². The lowest BCUT2D eigenvalue weighted by atomic mass is 10.1. The molecule has 0 saturated heterocycles. The maximum absolute atomic E-state index is 5.78. The lowest BCUT2D eigenvalue weighted by Crippen LogP contribution is -1.89. The van der Waals surface area contributed by atoms with Crippen molar-refractivity contribution in [1.82, 2.24) is 15.2 Å². The van der Waals surface area contributed by atoms with Crippen LogP contribution < -0.4 is 0 Å². The molecule has 1 aromatic rings. The average molecular weight is 328 g/mol. The Balaban J connectivity index is 2.06. The van der Waals surface area contributed by atoms with Crippen molar-refractivity contribution >= 4 is 23.4 Å². The van der Waals surface area contributed by atoms with Crippen LogP contribution in [0.1, 0.15) is 57.7 Å². The first-order valence-electron chi connectivity index (χ1n) is 7.69. The van der Waals surface area contributed by atoms with Crippen LogP contribution in [-0.2, 0) is 6.42 Å². The molecule has 0 fully saturated rings. The summed E-state index contributed by atoms with van der Waals surface area (Å²) in [5.74, 6) is 1.81. The van der Waals surface area contributed by atoms with Gasteiger partial charge in [0.15, 0.2) is 0 Å². The predicted octanol–water partition coefficient (Wildman–Crippen LogP) is 5.50. The van der Waals surface area contributed by atoms with Crippen LogP contribution in [0.15, 0.2) is 28.9 Å². The van der Waals surface area contributed by atoms with E-state index in [-0.39, 0.29) is 0 Å². The summed E-state index contributed by atoms with van der Waals surface area (Å²) in [6.07, 6.45) is 13.8. The fourth-order valence-corrected chi connectivity index (χ4v) is 2.91. The van der Waals surface area contributed by atoms with Crippen molar-refractivity contribution in [3.05, 3.63) is 29.6 Å². The Morgan fingerprint density at radius 3 is 2.67 bits per heavy atom. The number of aromatic nitrogens is 3. The lowest BCUT2D eigenvalue weighted by Gasteiger charge is -1.99. The largest absolute Gasteiger partial charge is 0.262 e. The second kappa shape index (κ2) is 11.9. The Bertz CT molecular complexity index is 425. The van der Waals surface area contributed by atoms with Gasteiger partial charge in [0.25, 0.3) is 0 Å². The van der Waals surface area contributed by atoms with Gasteiger partial charge in [-0.1, -0.05) is 61.2 Å². The third-order valence-corrected chi connectivity index (χ3v) is 4.09. The van der Waals surface area contributed by atoms with E-state index in [1.54, 1.807) is 11.8 Å². The van der Waals surface area contributed by atoms with Gasteiger partial charge in [0.1, 0.15) is 5.82 Å². The summed E-state index contributed by atoms with van der Waals surface area (Å²) in [6.45, 7) is 5.62. The monoisotopic (exact) mass is 327 g/mol. The highest BCUT2D eigenvalue weighted by Gasteiger charge is 2.03. The van der Waals surface area contributed by atoms with Crippen LogP contribution in [0, 0.1) is 0 Å². The van der Waals surface area contributed by atoms with E-state index >= 15 is 0 Å². The molecule has 0 saturated carbocycles. The number of hydrogen-bond acceptors (Lipinski definition) is 3. The van der Waals surface area contributed by atoms with Gasteiger partial charge >= 0.3 is 0 Å². The standard InChI is InChI=1S/C16H26ClN3S/c1-3-4-5-6-7-8-9-10-11-15-18-16(20-19-15)21-13-12-14(2)17/h3,12H,1,4-11,13H2,2H3,(H,18,19,20)/b14-12+. The number of hydrogen-bond donors (Lipinski definition) is 1. The van der Waals surface area contributed by atoms with Gasteiger partial charge in [-0.05, 0) is 26.2 Å². The number of nitrogens with zero attached hydrogens (tertiary/aromatic N) is 2. The Morgan fingerprint density at radius 1 is 1.24 bits per heavy atom. The maximum Gasteiger partial charge on any atom is 0.208 e. The van der Waals surface area contributed by atoms with Crippen molar-refractivity contribution in [2.75, 3.05) is 5.75 Å². The first kappa shape index (κ1) is 18.3. The van der Waals surface area contributed by atoms with Crippen LogP contribution in [0.3, 0.4) is 0 Å². The molecule has 0 radical (unpaired) electrons. The highest BCUT2D eigenvalue weighted by molar-refractivity contribution is 7.99. The third kappa shape index (κ3) is 9.75. The smallest absolute Gasteiger partial charge is 0.208 e. The summed E-state index contributed by atoms with van der Waals surface area (Å²) in [6, 6.07) is 0. The fourth-order valence-electron chi connectivity index (χ4n) is 1.97. The first-order chi connectivity index (χ1) is 10.2. The number of halogens is 1. The molecule has 21 heavy (non-hydrogen) atoms. The van der Waals surface area contributed by atoms with Crippen molar-refractivity contribution in [3.8, 4) is 0 Å². The average Bonchev–Trinajstić information content (AvgIpc) is 2.89. The summed E-state index contributed by atoms with van der Waals surface area (Å²) in [5.41, 5.74) is 0. The van der Waals surface area contributed by atoms with Crippen LogP contribution in [0.4, 0.5) is 0 Å². The first-order valence-corrected chi connectivity index (χ1v) is 9.06. The summed E-state index contributed by atoms with van der Waals surface area (Å²) in [7, 11) is 0. The van der Waals surface area contributed by atoms with Crippen LogP contribution in [-0.4, -0.2) is 20.9 Å². The highest BCUT2D eigenvalue weighted by Crippen LogP contribution is 2.15. The fraction of sp³-hybridized carbons (Fsp3) is 0.625. The van der Waals surface area contributed by atoms with E-state index in [9.17, 15) is 0 Å². The van der Waals surface area contributed by atoms with Gasteiger partial charge in [0, 0.05) is 17.2 Å². The summed E-state index contributed by atoms with van der Waals surface area (Å²) < 4.78 is 0. The van der Waals surface area contributed by atoms with E-state index in [1.807, 2.05) is 19.1 Å². The molecular formula is C16H26ClN3S. The molecule has 1 heterocycles. The Kier molecular flexibility index (Phi) is 10.3. The molecule has 0 amide bonds. The number of unbranched alkanes of at least 4 members (excludes halogenated alkanes) is 6. The maximum atomic E-state index is 5.78. The van der Waals surface area contributed by atoms with Crippen LogP contribution in [0.2, 0.25) is 0 Å². The molecule has 5 heteroatoms. The number of nitrogens with one attached hydrogen (secondary N) is 1. The Labute approximate surface area is 137 Å². The van der Waals surface area contributed by atoms with Gasteiger partial charge in [-0.2, -0.15) is 0 Å². The van der Waals surface area contributed by atoms with E-state index in [4.69, 9.17) is 11.6 Å². The van der Waals surface area contributed by atoms with Crippen molar-refractivity contribution in [2.24, 2.45) is 0 Å². The van der Waals surface area contributed by atoms with Gasteiger partial charge < -0.3 is 0 Å². The topological polar surface area (TPSA) is 41.6 Å². The zero-order chi connectivity index (χ0) is 15.3. The van der Waals surface area contributed by atoms with E-state index in [0.29, 0.717) is 0 Å². The number of allylic oxidation sites excluding steroid dienone is 2. The third-order valence-electron chi connectivity index (χ3n) is 3.16. The van der Waals surface area contributed by atoms with Gasteiger partial charge in [0.05, 0.1) is 0 Å². The highest BCUT2D eigenvalue weighted by atomic mass is 35.5. The Hall–Kier alpha value is -0.740. The Morgan fingerprint density at radius 2 is 1.95 bits per heavy atom. The molecule has 0 spiro atoms. The summed E-state index contributed by atoms with van der Waals surface area (Å²) in [4.78, 5) is 4.48. The van der Waals surface area contributed by atoms with E-state index < -0.39 is 0 Å². The second-order valence-electron chi connectivity index (χ2n) is 5.12. The molecular weight excluding hydrogens is 302 g/mol. The number of H-pyrrole nitrogens is 1. The summed E-state index contributed by atoms with van der Waals surface area (Å²) >= 11 is 7.38. The molecule has 1 N–H and O–H groups in total. The molecule has 1 rings (SSSR count). The van der Waals surface area contributed by atoms with Gasteiger partial charge in [-0.25, -0.2) is 4.98 Å². The van der Waals surface area contributed by atoms with Crippen LogP contribution >= 0.6 is 23.4 Å². The molecule has 118 valence electrons. The minimum atomic E-state index is 0.809. The zero-order valence-corrected chi connectivity index (χ0v) is 14.5. The van der Waals surface area contributed by atoms with Crippen molar-refractivity contribution in [1.29, 1.82) is 0 Å². The van der Waals surface area contributed by atoms with Gasteiger partial charge in [0.2, 0.25) is 5.16 Å². The molecule has 0 aromatic carbocycles.